The van der Waals surface area contributed by atoms with E-state index in [1.807, 2.05) is 103 Å². The molecule has 0 unspecified atom stereocenters. The first-order valence-electron chi connectivity index (χ1n) is 25.7. The van der Waals surface area contributed by atoms with E-state index in [1.165, 1.54) is 5.56 Å². The molecule has 2 heterocycles. The summed E-state index contributed by atoms with van der Waals surface area (Å²) in [7, 11) is 0. The molecule has 344 valence electrons. The van der Waals surface area contributed by atoms with Gasteiger partial charge < -0.3 is 5.11 Å². The summed E-state index contributed by atoms with van der Waals surface area (Å²) in [5, 5.41) is 12.0. The highest BCUT2D eigenvalue weighted by Crippen LogP contribution is 2.44. The Labute approximate surface area is 421 Å². The number of imidazole rings is 1. The van der Waals surface area contributed by atoms with E-state index in [9.17, 15) is 5.11 Å². The van der Waals surface area contributed by atoms with Gasteiger partial charge in [0.25, 0.3) is 0 Å². The Hall–Kier alpha value is -8.60. The van der Waals surface area contributed by atoms with E-state index in [0.29, 0.717) is 33.7 Å². The maximum absolute atomic E-state index is 12.0. The zero-order chi connectivity index (χ0) is 51.3. The number of rotatable bonds is 9. The summed E-state index contributed by atoms with van der Waals surface area (Å²) in [5.74, 6) is 0.593. The maximum atomic E-state index is 12.0. The summed E-state index contributed by atoms with van der Waals surface area (Å²) in [5.41, 5.74) is 18.8. The van der Waals surface area contributed by atoms with Crippen molar-refractivity contribution in [3.63, 3.8) is 0 Å². The second-order valence-electron chi connectivity index (χ2n) is 19.6. The van der Waals surface area contributed by atoms with Gasteiger partial charge in [-0.2, -0.15) is 0 Å². The van der Waals surface area contributed by atoms with Gasteiger partial charge in [0, 0.05) is 27.0 Å². The van der Waals surface area contributed by atoms with Crippen molar-refractivity contribution in [1.29, 1.82) is 0 Å². The predicted molar refractivity (Wildman–Crippen MR) is 297 cm³/mol. The smallest absolute Gasteiger partial charge is 0.149 e. The van der Waals surface area contributed by atoms with Gasteiger partial charge >= 0.3 is 0 Å². The summed E-state index contributed by atoms with van der Waals surface area (Å²) in [6, 6.07) is 72.5. The Kier molecular flexibility index (Phi) is 10.7. The van der Waals surface area contributed by atoms with E-state index < -0.39 is 6.85 Å². The van der Waals surface area contributed by atoms with Crippen LogP contribution in [0.25, 0.3) is 106 Å². The van der Waals surface area contributed by atoms with Crippen LogP contribution in [0.1, 0.15) is 47.1 Å². The molecular weight excluding hydrogens is 863 g/mol. The van der Waals surface area contributed by atoms with Crippen molar-refractivity contribution in [3.8, 4) is 101 Å². The van der Waals surface area contributed by atoms with Crippen LogP contribution >= 0.6 is 0 Å². The molecule has 2 aromatic heterocycles. The van der Waals surface area contributed by atoms with Crippen LogP contribution in [0.5, 0.6) is 5.75 Å². The van der Waals surface area contributed by atoms with Crippen LogP contribution in [0.4, 0.5) is 0 Å². The number of para-hydroxylation sites is 1. The second-order valence-corrected chi connectivity index (χ2v) is 19.6. The number of hydrogen-bond acceptors (Lipinski definition) is 3. The van der Waals surface area contributed by atoms with Gasteiger partial charge in [-0.3, -0.25) is 9.55 Å². The normalized spacial score (nSPS) is 12.4. The third kappa shape index (κ3) is 8.74. The molecule has 0 atom stereocenters. The van der Waals surface area contributed by atoms with E-state index in [4.69, 9.17) is 14.1 Å². The summed E-state index contributed by atoms with van der Waals surface area (Å²) in [4.78, 5) is 10.5. The molecule has 11 aromatic rings. The van der Waals surface area contributed by atoms with E-state index >= 15 is 0 Å². The van der Waals surface area contributed by atoms with Crippen LogP contribution in [0.3, 0.4) is 0 Å². The molecule has 0 saturated carbocycles. The Morgan fingerprint density at radius 1 is 0.451 bits per heavy atom. The van der Waals surface area contributed by atoms with Crippen molar-refractivity contribution in [2.75, 3.05) is 0 Å². The monoisotopic (exact) mass is 920 g/mol. The molecule has 0 saturated heterocycles. The number of fused-ring (bicyclic) bond motifs is 1. The maximum Gasteiger partial charge on any atom is 0.149 e. The minimum absolute atomic E-state index is 0.0785. The lowest BCUT2D eigenvalue weighted by Crippen LogP contribution is -2.10. The van der Waals surface area contributed by atoms with Crippen molar-refractivity contribution < 1.29 is 9.22 Å². The van der Waals surface area contributed by atoms with Crippen molar-refractivity contribution in [2.24, 2.45) is 0 Å². The predicted octanol–water partition coefficient (Wildman–Crippen LogP) is 17.7. The van der Waals surface area contributed by atoms with Gasteiger partial charge in [-0.05, 0) is 159 Å². The molecular formula is C67H55N3O. The number of phenolic OH excluding ortho intramolecular Hbond substituents is 1. The van der Waals surface area contributed by atoms with Crippen LogP contribution in [0.2, 0.25) is 0 Å². The number of pyridine rings is 1. The van der Waals surface area contributed by atoms with Gasteiger partial charge in [0.2, 0.25) is 0 Å². The average molecular weight is 921 g/mol. The third-order valence-corrected chi connectivity index (χ3v) is 13.6. The largest absolute Gasteiger partial charge is 0.507 e. The van der Waals surface area contributed by atoms with E-state index in [-0.39, 0.29) is 16.7 Å². The minimum Gasteiger partial charge on any atom is -0.507 e. The highest BCUT2D eigenvalue weighted by atomic mass is 16.3. The number of hydrogen-bond donors (Lipinski definition) is 1. The van der Waals surface area contributed by atoms with E-state index in [2.05, 4.69) is 154 Å². The first-order valence-corrected chi connectivity index (χ1v) is 24.2. The lowest BCUT2D eigenvalue weighted by atomic mass is 9.85. The minimum atomic E-state index is -2.49. The van der Waals surface area contributed by atoms with Crippen LogP contribution in [-0.2, 0) is 5.41 Å². The standard InChI is InChI=1S/C67H55N3O/c1-43-35-45(3)65(71)60(36-43)66-69-64-57(23-16-24-62(64)70(66)63-37-44(2)58(42-59(63)50-21-14-9-15-22-50)51-29-31-56(32-30-51)67(4,5)6)54-38-53(47-19-12-8-13-20-47)39-55(40-54)61-41-52(33-34-68-61)49-27-25-48(26-28-49)46-17-10-7-11-18-46/h7-42,71H,1-6H3/i2D3. The van der Waals surface area contributed by atoms with E-state index in [0.717, 1.165) is 83.5 Å². The van der Waals surface area contributed by atoms with Crippen LogP contribution in [0.15, 0.2) is 219 Å². The molecule has 1 N–H and O–H groups in total. The Morgan fingerprint density at radius 2 is 1.03 bits per heavy atom. The quantitative estimate of drug-likeness (QED) is 0.157. The lowest BCUT2D eigenvalue weighted by molar-refractivity contribution is 0.472. The van der Waals surface area contributed by atoms with Crippen molar-refractivity contribution in [2.45, 2.75) is 46.9 Å². The SMILES string of the molecule is [2H]C([2H])([2H])c1cc(-n2c(-c3cc(C)cc(C)c3O)nc3c(-c4cc(-c5ccccc5)cc(-c5cc(-c6ccc(-c7ccccc7)cc6)ccn5)c4)cccc32)c(-c2ccccc2)cc1-c1ccc(C(C)(C)C)cc1. The lowest BCUT2D eigenvalue weighted by Gasteiger charge is -2.21. The van der Waals surface area contributed by atoms with E-state index in [1.54, 1.807) is 0 Å². The van der Waals surface area contributed by atoms with Gasteiger partial charge in [-0.1, -0.05) is 178 Å². The number of aryl methyl sites for hydroxylation is 3. The second kappa shape index (κ2) is 18.4. The van der Waals surface area contributed by atoms with Gasteiger partial charge in [0.1, 0.15) is 11.6 Å². The van der Waals surface area contributed by atoms with Gasteiger partial charge in [-0.15, -0.1) is 0 Å². The topological polar surface area (TPSA) is 50.9 Å². The summed E-state index contributed by atoms with van der Waals surface area (Å²) in [6.07, 6.45) is 1.87. The molecule has 9 aromatic carbocycles. The van der Waals surface area contributed by atoms with Gasteiger partial charge in [-0.25, -0.2) is 4.98 Å². The van der Waals surface area contributed by atoms with Crippen molar-refractivity contribution >= 4 is 11.0 Å². The highest BCUT2D eigenvalue weighted by Gasteiger charge is 2.25. The van der Waals surface area contributed by atoms with Crippen LogP contribution < -0.4 is 0 Å². The molecule has 0 aliphatic carbocycles. The molecule has 0 bridgehead atoms. The Bertz CT molecular complexity index is 3860. The van der Waals surface area contributed by atoms with Crippen molar-refractivity contribution in [1.82, 2.24) is 14.5 Å². The van der Waals surface area contributed by atoms with Gasteiger partial charge in [0.15, 0.2) is 0 Å². The summed E-state index contributed by atoms with van der Waals surface area (Å²) in [6.45, 7) is 7.93. The zero-order valence-electron chi connectivity index (χ0n) is 43.6. The number of aromatic nitrogens is 3. The fourth-order valence-corrected chi connectivity index (χ4v) is 9.88. The average Bonchev–Trinajstić information content (AvgIpc) is 3.81. The molecule has 4 heteroatoms. The number of aromatic hydroxyl groups is 1. The number of benzene rings is 9. The molecule has 0 spiro atoms. The zero-order valence-corrected chi connectivity index (χ0v) is 40.6. The molecule has 4 nitrogen and oxygen atoms in total. The molecule has 0 amide bonds. The molecule has 0 fully saturated rings. The molecule has 0 radical (unpaired) electrons. The Balaban J connectivity index is 1.15. The fraction of sp³-hybridized carbons (Fsp3) is 0.104. The number of phenols is 1. The van der Waals surface area contributed by atoms with Gasteiger partial charge in [0.05, 0.1) is 28.0 Å². The summed E-state index contributed by atoms with van der Waals surface area (Å²) < 4.78 is 29.3. The van der Waals surface area contributed by atoms with Crippen LogP contribution in [-0.4, -0.2) is 19.6 Å². The molecule has 0 aliphatic heterocycles. The first kappa shape index (κ1) is 41.4. The molecule has 71 heavy (non-hydrogen) atoms. The summed E-state index contributed by atoms with van der Waals surface area (Å²) >= 11 is 0. The molecule has 11 rings (SSSR count). The third-order valence-electron chi connectivity index (χ3n) is 13.6. The van der Waals surface area contributed by atoms with Crippen molar-refractivity contribution in [3.05, 3.63) is 241 Å². The first-order chi connectivity index (χ1) is 35.7. The number of nitrogens with zero attached hydrogens (tertiary/aromatic N) is 3. The Morgan fingerprint density at radius 3 is 1.69 bits per heavy atom. The fourth-order valence-electron chi connectivity index (χ4n) is 9.88. The van der Waals surface area contributed by atoms with Crippen LogP contribution in [0, 0.1) is 20.7 Å². The molecule has 0 aliphatic rings. The highest BCUT2D eigenvalue weighted by molar-refractivity contribution is 5.99.